The third kappa shape index (κ3) is 3.79. The van der Waals surface area contributed by atoms with E-state index in [-0.39, 0.29) is 17.1 Å². The second-order valence-corrected chi connectivity index (χ2v) is 7.74. The summed E-state index contributed by atoms with van der Waals surface area (Å²) in [6, 6.07) is 3.62. The summed E-state index contributed by atoms with van der Waals surface area (Å²) in [5.74, 6) is 0.0812. The molecule has 0 aliphatic heterocycles. The van der Waals surface area contributed by atoms with Gasteiger partial charge in [0.05, 0.1) is 17.6 Å². The summed E-state index contributed by atoms with van der Waals surface area (Å²) in [4.78, 5) is 18.1. The Balaban J connectivity index is 2.08. The Morgan fingerprint density at radius 1 is 1.45 bits per heavy atom. The smallest absolute Gasteiger partial charge is 0.227 e. The zero-order valence-corrected chi connectivity index (χ0v) is 12.7. The highest BCUT2D eigenvalue weighted by Gasteiger charge is 2.47. The Kier molecular flexibility index (Phi) is 4.13. The molecule has 5 nitrogen and oxygen atoms in total. The largest absolute Gasteiger partial charge is 0.311 e. The zero-order valence-electron chi connectivity index (χ0n) is 11.9. The molecule has 1 heterocycles. The van der Waals surface area contributed by atoms with Crippen LogP contribution in [0.15, 0.2) is 24.5 Å². The van der Waals surface area contributed by atoms with Gasteiger partial charge in [-0.25, -0.2) is 8.42 Å². The third-order valence-corrected chi connectivity index (χ3v) is 4.76. The van der Waals surface area contributed by atoms with E-state index in [0.717, 1.165) is 18.5 Å². The molecule has 0 atom stereocenters. The SMILES string of the molecule is CCN(C(=O)CC1(CS(C)(=O)=O)CC1)c1cccnc1. The van der Waals surface area contributed by atoms with Crippen molar-refractivity contribution >= 4 is 21.4 Å². The second-order valence-electron chi connectivity index (χ2n) is 5.60. The van der Waals surface area contributed by atoms with E-state index in [0.29, 0.717) is 13.0 Å². The number of carbonyl (C=O) groups excluding carboxylic acids is 1. The molecule has 1 fully saturated rings. The molecule has 0 radical (unpaired) electrons. The number of rotatable bonds is 6. The average molecular weight is 296 g/mol. The molecule has 1 amide bonds. The molecule has 0 spiro atoms. The van der Waals surface area contributed by atoms with E-state index in [1.54, 1.807) is 23.4 Å². The molecule has 1 aliphatic rings. The summed E-state index contributed by atoms with van der Waals surface area (Å²) in [6.45, 7) is 2.46. The van der Waals surface area contributed by atoms with Crippen LogP contribution in [-0.2, 0) is 14.6 Å². The van der Waals surface area contributed by atoms with Gasteiger partial charge in [0.25, 0.3) is 0 Å². The van der Waals surface area contributed by atoms with Crippen molar-refractivity contribution in [2.24, 2.45) is 5.41 Å². The predicted molar refractivity (Wildman–Crippen MR) is 78.3 cm³/mol. The Labute approximate surface area is 119 Å². The van der Waals surface area contributed by atoms with Crippen molar-refractivity contribution in [3.8, 4) is 0 Å². The van der Waals surface area contributed by atoms with E-state index in [1.165, 1.54) is 6.26 Å². The number of nitrogens with zero attached hydrogens (tertiary/aromatic N) is 2. The van der Waals surface area contributed by atoms with Gasteiger partial charge in [0.2, 0.25) is 5.91 Å². The molecule has 1 aromatic rings. The lowest BCUT2D eigenvalue weighted by Crippen LogP contribution is -2.34. The third-order valence-electron chi connectivity index (χ3n) is 3.63. The van der Waals surface area contributed by atoms with E-state index in [4.69, 9.17) is 0 Å². The van der Waals surface area contributed by atoms with Crippen LogP contribution in [0.25, 0.3) is 0 Å². The predicted octanol–water partition coefficient (Wildman–Crippen LogP) is 1.65. The van der Waals surface area contributed by atoms with Crippen LogP contribution in [0, 0.1) is 5.41 Å². The van der Waals surface area contributed by atoms with Crippen molar-refractivity contribution in [2.45, 2.75) is 26.2 Å². The molecule has 0 unspecified atom stereocenters. The highest BCUT2D eigenvalue weighted by atomic mass is 32.2. The van der Waals surface area contributed by atoms with Gasteiger partial charge < -0.3 is 4.90 Å². The number of aromatic nitrogens is 1. The van der Waals surface area contributed by atoms with Crippen molar-refractivity contribution in [3.63, 3.8) is 0 Å². The molecular formula is C14H20N2O3S. The van der Waals surface area contributed by atoms with Crippen molar-refractivity contribution < 1.29 is 13.2 Å². The molecular weight excluding hydrogens is 276 g/mol. The normalized spacial score (nSPS) is 16.7. The van der Waals surface area contributed by atoms with Crippen LogP contribution in [-0.4, -0.2) is 37.9 Å². The summed E-state index contributed by atoms with van der Waals surface area (Å²) >= 11 is 0. The Hall–Kier alpha value is -1.43. The number of carbonyl (C=O) groups is 1. The number of anilines is 1. The first kappa shape index (κ1) is 15.0. The van der Waals surface area contributed by atoms with Gasteiger partial charge in [0.15, 0.2) is 0 Å². The van der Waals surface area contributed by atoms with Crippen molar-refractivity contribution in [1.29, 1.82) is 0 Å². The van der Waals surface area contributed by atoms with Gasteiger partial charge in [0, 0.05) is 25.4 Å². The maximum atomic E-state index is 12.4. The van der Waals surface area contributed by atoms with E-state index >= 15 is 0 Å². The van der Waals surface area contributed by atoms with Gasteiger partial charge in [-0.1, -0.05) is 0 Å². The van der Waals surface area contributed by atoms with Gasteiger partial charge in [-0.3, -0.25) is 9.78 Å². The van der Waals surface area contributed by atoms with E-state index in [1.807, 2.05) is 13.0 Å². The van der Waals surface area contributed by atoms with Crippen molar-refractivity contribution in [3.05, 3.63) is 24.5 Å². The first-order valence-electron chi connectivity index (χ1n) is 6.73. The molecule has 2 rings (SSSR count). The van der Waals surface area contributed by atoms with Gasteiger partial charge in [-0.2, -0.15) is 0 Å². The summed E-state index contributed by atoms with van der Waals surface area (Å²) in [5.41, 5.74) is 0.426. The van der Waals surface area contributed by atoms with Crippen LogP contribution in [0.5, 0.6) is 0 Å². The summed E-state index contributed by atoms with van der Waals surface area (Å²) < 4.78 is 22.9. The minimum Gasteiger partial charge on any atom is -0.311 e. The maximum absolute atomic E-state index is 12.4. The summed E-state index contributed by atoms with van der Waals surface area (Å²) in [7, 11) is -3.05. The fourth-order valence-electron chi connectivity index (χ4n) is 2.54. The average Bonchev–Trinajstić information content (AvgIpc) is 3.08. The van der Waals surface area contributed by atoms with E-state index in [9.17, 15) is 13.2 Å². The zero-order chi connectivity index (χ0) is 14.8. The summed E-state index contributed by atoms with van der Waals surface area (Å²) in [6.07, 6.45) is 6.47. The number of amides is 1. The molecule has 0 aromatic carbocycles. The molecule has 0 saturated heterocycles. The standard InChI is InChI=1S/C14H20N2O3S/c1-3-16(12-5-4-8-15-10-12)13(17)9-14(6-7-14)11-20(2,18)19/h4-5,8,10H,3,6-7,9,11H2,1-2H3. The second kappa shape index (κ2) is 5.52. The van der Waals surface area contributed by atoms with Crippen molar-refractivity contribution in [1.82, 2.24) is 4.98 Å². The van der Waals surface area contributed by atoms with Gasteiger partial charge in [-0.05, 0) is 37.3 Å². The van der Waals surface area contributed by atoms with Gasteiger partial charge in [0.1, 0.15) is 9.84 Å². The fourth-order valence-corrected chi connectivity index (χ4v) is 4.04. The van der Waals surface area contributed by atoms with E-state index < -0.39 is 9.84 Å². The molecule has 0 N–H and O–H groups in total. The minimum absolute atomic E-state index is 0.0262. The fraction of sp³-hybridized carbons (Fsp3) is 0.571. The molecule has 6 heteroatoms. The van der Waals surface area contributed by atoms with Crippen LogP contribution in [0.1, 0.15) is 26.2 Å². The van der Waals surface area contributed by atoms with Gasteiger partial charge >= 0.3 is 0 Å². The molecule has 20 heavy (non-hydrogen) atoms. The lowest BCUT2D eigenvalue weighted by molar-refractivity contribution is -0.119. The number of hydrogen-bond donors (Lipinski definition) is 0. The highest BCUT2D eigenvalue weighted by Crippen LogP contribution is 2.50. The first-order valence-corrected chi connectivity index (χ1v) is 8.79. The van der Waals surface area contributed by atoms with Crippen LogP contribution < -0.4 is 4.90 Å². The van der Waals surface area contributed by atoms with Crippen LogP contribution in [0.2, 0.25) is 0 Å². The minimum atomic E-state index is -3.05. The van der Waals surface area contributed by atoms with Crippen molar-refractivity contribution in [2.75, 3.05) is 23.5 Å². The monoisotopic (exact) mass is 296 g/mol. The topological polar surface area (TPSA) is 67.3 Å². The van der Waals surface area contributed by atoms with Gasteiger partial charge in [-0.15, -0.1) is 0 Å². The number of sulfone groups is 1. The quantitative estimate of drug-likeness (QED) is 0.800. The molecule has 1 aromatic heterocycles. The Morgan fingerprint density at radius 3 is 2.60 bits per heavy atom. The van der Waals surface area contributed by atoms with Crippen LogP contribution in [0.4, 0.5) is 5.69 Å². The van der Waals surface area contributed by atoms with E-state index in [2.05, 4.69) is 4.98 Å². The van der Waals surface area contributed by atoms with Crippen LogP contribution >= 0.6 is 0 Å². The Bertz CT molecular complexity index is 580. The maximum Gasteiger partial charge on any atom is 0.227 e. The molecule has 1 saturated carbocycles. The first-order chi connectivity index (χ1) is 9.35. The highest BCUT2D eigenvalue weighted by molar-refractivity contribution is 7.90. The number of hydrogen-bond acceptors (Lipinski definition) is 4. The molecule has 0 bridgehead atoms. The summed E-state index contributed by atoms with van der Waals surface area (Å²) in [5, 5.41) is 0. The molecule has 1 aliphatic carbocycles. The lowest BCUT2D eigenvalue weighted by atomic mass is 10.0. The Morgan fingerprint density at radius 2 is 2.15 bits per heavy atom. The molecule has 110 valence electrons. The van der Waals surface area contributed by atoms with Crippen LogP contribution in [0.3, 0.4) is 0 Å². The number of pyridine rings is 1. The lowest BCUT2D eigenvalue weighted by Gasteiger charge is -2.23.